The quantitative estimate of drug-likeness (QED) is 0.467. The summed E-state index contributed by atoms with van der Waals surface area (Å²) in [5.41, 5.74) is 0. The molecule has 0 bridgehead atoms. The number of nitrogens with one attached hydrogen (secondary N) is 1. The van der Waals surface area contributed by atoms with Gasteiger partial charge in [-0.1, -0.05) is 12.2 Å². The molecule has 0 aliphatic carbocycles. The van der Waals surface area contributed by atoms with Crippen LogP contribution in [0, 0.1) is 0 Å². The SMILES string of the molecule is CC(=O)NCC=CCCl. The van der Waals surface area contributed by atoms with Crippen molar-refractivity contribution in [2.45, 2.75) is 6.92 Å². The zero-order chi connectivity index (χ0) is 7.11. The molecule has 0 aliphatic rings. The lowest BCUT2D eigenvalue weighted by molar-refractivity contribution is -0.118. The van der Waals surface area contributed by atoms with Crippen molar-refractivity contribution in [2.75, 3.05) is 12.4 Å². The number of hydrogen-bond donors (Lipinski definition) is 1. The van der Waals surface area contributed by atoms with E-state index >= 15 is 0 Å². The van der Waals surface area contributed by atoms with Gasteiger partial charge in [0.15, 0.2) is 0 Å². The maximum absolute atomic E-state index is 10.2. The van der Waals surface area contributed by atoms with Gasteiger partial charge in [-0.2, -0.15) is 0 Å². The summed E-state index contributed by atoms with van der Waals surface area (Å²) in [4.78, 5) is 10.2. The molecular weight excluding hydrogens is 138 g/mol. The van der Waals surface area contributed by atoms with Crippen molar-refractivity contribution in [3.63, 3.8) is 0 Å². The summed E-state index contributed by atoms with van der Waals surface area (Å²) in [6.45, 7) is 2.05. The Hall–Kier alpha value is -0.500. The molecule has 0 atom stereocenters. The third-order valence-corrected chi connectivity index (χ3v) is 0.903. The van der Waals surface area contributed by atoms with Crippen molar-refractivity contribution in [2.24, 2.45) is 0 Å². The maximum atomic E-state index is 10.2. The topological polar surface area (TPSA) is 29.1 Å². The van der Waals surface area contributed by atoms with Gasteiger partial charge in [0.05, 0.1) is 0 Å². The first-order valence-electron chi connectivity index (χ1n) is 2.72. The number of carbonyl (C=O) groups is 1. The van der Waals surface area contributed by atoms with Gasteiger partial charge in [0.25, 0.3) is 0 Å². The lowest BCUT2D eigenvalue weighted by Gasteiger charge is -1.92. The monoisotopic (exact) mass is 147 g/mol. The lowest BCUT2D eigenvalue weighted by Crippen LogP contribution is -2.19. The van der Waals surface area contributed by atoms with Crippen molar-refractivity contribution >= 4 is 17.5 Å². The van der Waals surface area contributed by atoms with Gasteiger partial charge < -0.3 is 5.32 Å². The zero-order valence-corrected chi connectivity index (χ0v) is 6.11. The Labute approximate surface area is 59.9 Å². The molecule has 0 aromatic heterocycles. The molecule has 1 N–H and O–H groups in total. The van der Waals surface area contributed by atoms with Gasteiger partial charge in [-0.25, -0.2) is 0 Å². The van der Waals surface area contributed by atoms with E-state index in [4.69, 9.17) is 11.6 Å². The van der Waals surface area contributed by atoms with Crippen LogP contribution in [-0.2, 0) is 4.79 Å². The molecule has 3 heteroatoms. The summed E-state index contributed by atoms with van der Waals surface area (Å²) in [6, 6.07) is 0. The molecule has 0 rings (SSSR count). The summed E-state index contributed by atoms with van der Waals surface area (Å²) >= 11 is 5.32. The fourth-order valence-electron chi connectivity index (χ4n) is 0.349. The number of alkyl halides is 1. The van der Waals surface area contributed by atoms with Crippen LogP contribution in [0.2, 0.25) is 0 Å². The third kappa shape index (κ3) is 7.50. The molecule has 0 aliphatic heterocycles. The molecule has 0 saturated heterocycles. The van der Waals surface area contributed by atoms with Crippen LogP contribution in [0.3, 0.4) is 0 Å². The second kappa shape index (κ2) is 5.63. The van der Waals surface area contributed by atoms with Crippen LogP contribution >= 0.6 is 11.6 Å². The second-order valence-electron chi connectivity index (χ2n) is 1.56. The molecule has 0 aromatic carbocycles. The maximum Gasteiger partial charge on any atom is 0.217 e. The van der Waals surface area contributed by atoms with Crippen molar-refractivity contribution in [3.8, 4) is 0 Å². The highest BCUT2D eigenvalue weighted by Crippen LogP contribution is 1.75. The van der Waals surface area contributed by atoms with E-state index in [1.54, 1.807) is 6.08 Å². The predicted molar refractivity (Wildman–Crippen MR) is 38.5 cm³/mol. The van der Waals surface area contributed by atoms with Gasteiger partial charge in [-0.05, 0) is 0 Å². The first-order chi connectivity index (χ1) is 4.27. The van der Waals surface area contributed by atoms with Crippen molar-refractivity contribution in [1.29, 1.82) is 0 Å². The van der Waals surface area contributed by atoms with E-state index in [-0.39, 0.29) is 5.91 Å². The van der Waals surface area contributed by atoms with Gasteiger partial charge in [-0.15, -0.1) is 11.6 Å². The number of hydrogen-bond acceptors (Lipinski definition) is 1. The van der Waals surface area contributed by atoms with Crippen LogP contribution in [-0.4, -0.2) is 18.3 Å². The molecule has 0 radical (unpaired) electrons. The average Bonchev–Trinajstić information content (AvgIpc) is 1.80. The average molecular weight is 148 g/mol. The van der Waals surface area contributed by atoms with Gasteiger partial charge in [-0.3, -0.25) is 4.79 Å². The molecule has 0 spiro atoms. The van der Waals surface area contributed by atoms with Gasteiger partial charge in [0.1, 0.15) is 0 Å². The summed E-state index contributed by atoms with van der Waals surface area (Å²) < 4.78 is 0. The molecule has 0 heterocycles. The minimum absolute atomic E-state index is 0.0192. The van der Waals surface area contributed by atoms with E-state index in [2.05, 4.69) is 5.32 Å². The van der Waals surface area contributed by atoms with Crippen LogP contribution in [0.4, 0.5) is 0 Å². The fourth-order valence-corrected chi connectivity index (χ4v) is 0.475. The molecule has 9 heavy (non-hydrogen) atoms. The Balaban J connectivity index is 3.09. The Kier molecular flexibility index (Phi) is 5.32. The van der Waals surface area contributed by atoms with E-state index < -0.39 is 0 Å². The summed E-state index contributed by atoms with van der Waals surface area (Å²) in [5, 5.41) is 2.60. The molecule has 0 aromatic rings. The van der Waals surface area contributed by atoms with Gasteiger partial charge in [0.2, 0.25) is 5.91 Å². The van der Waals surface area contributed by atoms with Crippen LogP contribution in [0.15, 0.2) is 12.2 Å². The van der Waals surface area contributed by atoms with E-state index in [1.807, 2.05) is 6.08 Å². The normalized spacial score (nSPS) is 10.0. The third-order valence-electron chi connectivity index (χ3n) is 0.725. The summed E-state index contributed by atoms with van der Waals surface area (Å²) in [5.74, 6) is 0.480. The second-order valence-corrected chi connectivity index (χ2v) is 1.87. The van der Waals surface area contributed by atoms with Gasteiger partial charge >= 0.3 is 0 Å². The summed E-state index contributed by atoms with van der Waals surface area (Å²) in [7, 11) is 0. The highest BCUT2D eigenvalue weighted by atomic mass is 35.5. The van der Waals surface area contributed by atoms with E-state index in [0.717, 1.165) is 0 Å². The highest BCUT2D eigenvalue weighted by molar-refractivity contribution is 6.18. The molecule has 0 unspecified atom stereocenters. The number of halogens is 1. The number of rotatable bonds is 3. The Bertz CT molecular complexity index is 112. The smallest absolute Gasteiger partial charge is 0.217 e. The minimum Gasteiger partial charge on any atom is -0.353 e. The van der Waals surface area contributed by atoms with E-state index in [1.165, 1.54) is 6.92 Å². The number of carbonyl (C=O) groups excluding carboxylic acids is 1. The van der Waals surface area contributed by atoms with Gasteiger partial charge in [0, 0.05) is 19.3 Å². The largest absolute Gasteiger partial charge is 0.353 e. The number of amides is 1. The fraction of sp³-hybridized carbons (Fsp3) is 0.500. The van der Waals surface area contributed by atoms with Crippen molar-refractivity contribution in [3.05, 3.63) is 12.2 Å². The van der Waals surface area contributed by atoms with Crippen molar-refractivity contribution < 1.29 is 4.79 Å². The molecular formula is C6H10ClNO. The Morgan fingerprint density at radius 2 is 2.33 bits per heavy atom. The molecule has 2 nitrogen and oxygen atoms in total. The van der Waals surface area contributed by atoms with Crippen LogP contribution in [0.25, 0.3) is 0 Å². The first kappa shape index (κ1) is 8.50. The van der Waals surface area contributed by atoms with Crippen LogP contribution in [0.1, 0.15) is 6.92 Å². The molecule has 52 valence electrons. The summed E-state index contributed by atoms with van der Waals surface area (Å²) in [6.07, 6.45) is 3.60. The van der Waals surface area contributed by atoms with Crippen LogP contribution in [0.5, 0.6) is 0 Å². The highest BCUT2D eigenvalue weighted by Gasteiger charge is 1.82. The lowest BCUT2D eigenvalue weighted by atomic mass is 10.5. The van der Waals surface area contributed by atoms with Crippen LogP contribution < -0.4 is 5.32 Å². The Morgan fingerprint density at radius 3 is 2.78 bits per heavy atom. The molecule has 1 amide bonds. The van der Waals surface area contributed by atoms with E-state index in [9.17, 15) is 4.79 Å². The predicted octanol–water partition coefficient (Wildman–Crippen LogP) is 0.917. The zero-order valence-electron chi connectivity index (χ0n) is 5.36. The standard InChI is InChI=1S/C6H10ClNO/c1-6(9)8-5-3-2-4-7/h2-3H,4-5H2,1H3,(H,8,9). The van der Waals surface area contributed by atoms with E-state index in [0.29, 0.717) is 12.4 Å². The molecule has 0 saturated carbocycles. The molecule has 0 fully saturated rings. The Morgan fingerprint density at radius 1 is 1.67 bits per heavy atom. The minimum atomic E-state index is -0.0192. The van der Waals surface area contributed by atoms with Crippen molar-refractivity contribution in [1.82, 2.24) is 5.32 Å². The number of allylic oxidation sites excluding steroid dienone is 1. The first-order valence-corrected chi connectivity index (χ1v) is 3.26.